The van der Waals surface area contributed by atoms with Gasteiger partial charge in [0.1, 0.15) is 11.5 Å². The summed E-state index contributed by atoms with van der Waals surface area (Å²) in [6.45, 7) is 22.5. The van der Waals surface area contributed by atoms with Gasteiger partial charge in [-0.2, -0.15) is 0 Å². The summed E-state index contributed by atoms with van der Waals surface area (Å²) < 4.78 is 6.11. The van der Waals surface area contributed by atoms with Gasteiger partial charge in [-0.15, -0.1) is 0 Å². The van der Waals surface area contributed by atoms with Gasteiger partial charge in [-0.05, 0) is 124 Å². The fourth-order valence-electron chi connectivity index (χ4n) is 6.38. The van der Waals surface area contributed by atoms with Gasteiger partial charge in [0.25, 0.3) is 0 Å². The van der Waals surface area contributed by atoms with E-state index in [9.17, 15) is 0 Å². The fraction of sp³-hybridized carbons (Fsp3) is 0.300. The second kappa shape index (κ2) is 13.5. The van der Waals surface area contributed by atoms with Gasteiger partial charge in [-0.3, -0.25) is 4.90 Å². The van der Waals surface area contributed by atoms with Crippen molar-refractivity contribution in [2.75, 3.05) is 4.90 Å². The maximum absolute atomic E-state index is 6.11. The van der Waals surface area contributed by atoms with Crippen LogP contribution in [0.2, 0.25) is 0 Å². The van der Waals surface area contributed by atoms with Gasteiger partial charge in [-0.25, -0.2) is 9.98 Å². The molecule has 0 N–H and O–H groups in total. The van der Waals surface area contributed by atoms with E-state index in [0.29, 0.717) is 5.76 Å². The normalized spacial score (nSPS) is 21.8. The SMILES string of the molecule is C=CC(=C)OC(=CC)C(=CCC)C1=CC=C2C(C=Cc3cc(C)c(C)cc3N2C2=NC3CCCC=C3C(/C(C=C)=C/C)=N2)C1. The lowest BCUT2D eigenvalue weighted by atomic mass is 9.85. The summed E-state index contributed by atoms with van der Waals surface area (Å²) in [6.07, 6.45) is 26.3. The van der Waals surface area contributed by atoms with Crippen LogP contribution in [0.1, 0.15) is 69.6 Å². The molecule has 226 valence electrons. The molecule has 2 aliphatic heterocycles. The first-order chi connectivity index (χ1) is 21.3. The van der Waals surface area contributed by atoms with E-state index in [0.717, 1.165) is 66.4 Å². The second-order valence-electron chi connectivity index (χ2n) is 11.7. The Morgan fingerprint density at radius 3 is 2.59 bits per heavy atom. The first kappa shape index (κ1) is 31.0. The predicted molar refractivity (Wildman–Crippen MR) is 189 cm³/mol. The average Bonchev–Trinajstić information content (AvgIpc) is 3.19. The molecule has 0 bridgehead atoms. The first-order valence-electron chi connectivity index (χ1n) is 15.9. The minimum absolute atomic E-state index is 0.0903. The Bertz CT molecular complexity index is 1660. The maximum Gasteiger partial charge on any atom is 0.230 e. The van der Waals surface area contributed by atoms with Crippen molar-refractivity contribution in [1.82, 2.24) is 0 Å². The van der Waals surface area contributed by atoms with E-state index in [4.69, 9.17) is 14.7 Å². The summed E-state index contributed by atoms with van der Waals surface area (Å²) in [7, 11) is 0. The monoisotopic (exact) mass is 583 g/mol. The molecule has 5 rings (SSSR count). The number of hydrogen-bond donors (Lipinski definition) is 0. The molecule has 0 saturated carbocycles. The molecule has 2 heterocycles. The van der Waals surface area contributed by atoms with Crippen LogP contribution in [0.3, 0.4) is 0 Å². The summed E-state index contributed by atoms with van der Waals surface area (Å²) in [5, 5.41) is 0. The van der Waals surface area contributed by atoms with Crippen LogP contribution >= 0.6 is 0 Å². The molecule has 4 heteroatoms. The van der Waals surface area contributed by atoms with Crippen molar-refractivity contribution in [1.29, 1.82) is 0 Å². The van der Waals surface area contributed by atoms with Crippen molar-refractivity contribution in [3.8, 4) is 0 Å². The number of aliphatic imine (C=N–C) groups is 2. The second-order valence-corrected chi connectivity index (χ2v) is 11.7. The Morgan fingerprint density at radius 1 is 1.09 bits per heavy atom. The summed E-state index contributed by atoms with van der Waals surface area (Å²) >= 11 is 0. The van der Waals surface area contributed by atoms with Crippen LogP contribution in [-0.2, 0) is 4.74 Å². The number of ether oxygens (including phenoxy) is 1. The van der Waals surface area contributed by atoms with Gasteiger partial charge in [-0.1, -0.05) is 69.2 Å². The molecule has 4 aliphatic rings. The van der Waals surface area contributed by atoms with Gasteiger partial charge < -0.3 is 4.74 Å². The number of fused-ring (bicyclic) bond motifs is 3. The average molecular weight is 584 g/mol. The summed E-state index contributed by atoms with van der Waals surface area (Å²) in [4.78, 5) is 13.0. The topological polar surface area (TPSA) is 37.2 Å². The quantitative estimate of drug-likeness (QED) is 0.225. The van der Waals surface area contributed by atoms with E-state index in [2.05, 4.69) is 107 Å². The van der Waals surface area contributed by atoms with Gasteiger partial charge in [0.15, 0.2) is 0 Å². The highest BCUT2D eigenvalue weighted by Crippen LogP contribution is 2.43. The van der Waals surface area contributed by atoms with Crippen LogP contribution in [0.25, 0.3) is 6.08 Å². The third kappa shape index (κ3) is 5.99. The molecule has 0 spiro atoms. The lowest BCUT2D eigenvalue weighted by Gasteiger charge is -2.36. The number of aryl methyl sites for hydroxylation is 2. The Morgan fingerprint density at radius 2 is 1.89 bits per heavy atom. The Hall–Kier alpha value is -4.44. The molecule has 0 amide bonds. The van der Waals surface area contributed by atoms with Gasteiger partial charge >= 0.3 is 0 Å². The summed E-state index contributed by atoms with van der Waals surface area (Å²) in [5.74, 6) is 2.20. The van der Waals surface area contributed by atoms with Crippen molar-refractivity contribution in [2.24, 2.45) is 15.9 Å². The largest absolute Gasteiger partial charge is 0.458 e. The zero-order valence-electron chi connectivity index (χ0n) is 27.0. The van der Waals surface area contributed by atoms with Crippen LogP contribution in [-0.4, -0.2) is 17.7 Å². The first-order valence-corrected chi connectivity index (χ1v) is 15.9. The molecular weight excluding hydrogens is 538 g/mol. The van der Waals surface area contributed by atoms with E-state index < -0.39 is 0 Å². The van der Waals surface area contributed by atoms with Crippen molar-refractivity contribution in [2.45, 2.75) is 72.8 Å². The molecule has 0 aromatic heterocycles. The summed E-state index contributed by atoms with van der Waals surface area (Å²) in [5.41, 5.74) is 11.6. The van der Waals surface area contributed by atoms with E-state index in [-0.39, 0.29) is 12.0 Å². The zero-order valence-corrected chi connectivity index (χ0v) is 27.0. The van der Waals surface area contributed by atoms with E-state index in [1.54, 1.807) is 6.08 Å². The standard InChI is InChI=1S/C40H45N3O/c1-9-16-33(38(13-5)44-28(8)10-2)30-21-22-36-32(25-30)20-19-31-23-26(6)27(7)24-37(31)43(36)40-41-35-18-15-14-17-34(35)39(42-40)29(11-3)12-4/h10-13,16-17,19-24,32,35H,2-3,8-9,14-15,18,25H2,1,4-7H3/b29-12+,33-16?,38-13?. The number of benzene rings is 1. The Kier molecular flexibility index (Phi) is 9.49. The molecule has 1 aromatic carbocycles. The van der Waals surface area contributed by atoms with Gasteiger partial charge in [0, 0.05) is 17.2 Å². The zero-order chi connectivity index (χ0) is 31.4. The van der Waals surface area contributed by atoms with Crippen molar-refractivity contribution in [3.05, 3.63) is 143 Å². The van der Waals surface area contributed by atoms with Gasteiger partial charge in [0.2, 0.25) is 5.96 Å². The van der Waals surface area contributed by atoms with Crippen LogP contribution in [0.15, 0.2) is 136 Å². The molecule has 1 aromatic rings. The van der Waals surface area contributed by atoms with Crippen molar-refractivity contribution < 1.29 is 4.74 Å². The molecule has 0 radical (unpaired) electrons. The number of guanidine groups is 1. The molecule has 0 fully saturated rings. The highest BCUT2D eigenvalue weighted by Gasteiger charge is 2.35. The molecule has 2 atom stereocenters. The number of nitrogens with zero attached hydrogens (tertiary/aromatic N) is 3. The molecule has 4 nitrogen and oxygen atoms in total. The predicted octanol–water partition coefficient (Wildman–Crippen LogP) is 10.3. The number of allylic oxidation sites excluding steroid dienone is 11. The highest BCUT2D eigenvalue weighted by atomic mass is 16.5. The Labute approximate surface area is 264 Å². The Balaban J connectivity index is 1.69. The molecule has 2 aliphatic carbocycles. The third-order valence-electron chi connectivity index (χ3n) is 8.84. The molecule has 44 heavy (non-hydrogen) atoms. The summed E-state index contributed by atoms with van der Waals surface area (Å²) in [6, 6.07) is 4.67. The lowest BCUT2D eigenvalue weighted by Crippen LogP contribution is -2.38. The number of hydrogen-bond acceptors (Lipinski definition) is 4. The number of anilines is 1. The van der Waals surface area contributed by atoms with Crippen molar-refractivity contribution >= 4 is 23.4 Å². The van der Waals surface area contributed by atoms with Crippen LogP contribution in [0, 0.1) is 19.8 Å². The maximum atomic E-state index is 6.11. The molecule has 0 saturated heterocycles. The van der Waals surface area contributed by atoms with Crippen molar-refractivity contribution in [3.63, 3.8) is 0 Å². The van der Waals surface area contributed by atoms with Crippen LogP contribution < -0.4 is 4.90 Å². The third-order valence-corrected chi connectivity index (χ3v) is 8.84. The number of rotatable bonds is 8. The van der Waals surface area contributed by atoms with Gasteiger partial charge in [0.05, 0.1) is 17.4 Å². The molecular formula is C40H45N3O. The smallest absolute Gasteiger partial charge is 0.230 e. The van der Waals surface area contributed by atoms with Crippen LogP contribution in [0.5, 0.6) is 0 Å². The van der Waals surface area contributed by atoms with E-state index in [1.165, 1.54) is 33.5 Å². The molecule has 2 unspecified atom stereocenters. The minimum Gasteiger partial charge on any atom is -0.458 e. The van der Waals surface area contributed by atoms with E-state index >= 15 is 0 Å². The minimum atomic E-state index is 0.0903. The lowest BCUT2D eigenvalue weighted by molar-refractivity contribution is 0.331. The van der Waals surface area contributed by atoms with Crippen LogP contribution in [0.4, 0.5) is 5.69 Å². The fourth-order valence-corrected chi connectivity index (χ4v) is 6.38. The highest BCUT2D eigenvalue weighted by molar-refractivity contribution is 6.22. The van der Waals surface area contributed by atoms with E-state index in [1.807, 2.05) is 19.1 Å².